The highest BCUT2D eigenvalue weighted by molar-refractivity contribution is 6.13. The van der Waals surface area contributed by atoms with Crippen LogP contribution in [0, 0.1) is 6.92 Å². The molecule has 4 aromatic rings. The van der Waals surface area contributed by atoms with Crippen LogP contribution in [-0.2, 0) is 9.59 Å². The van der Waals surface area contributed by atoms with Gasteiger partial charge in [0.2, 0.25) is 17.8 Å². The highest BCUT2D eigenvalue weighted by Crippen LogP contribution is 2.32. The second kappa shape index (κ2) is 16.3. The fourth-order valence-corrected chi connectivity index (χ4v) is 5.83. The van der Waals surface area contributed by atoms with Gasteiger partial charge in [-0.05, 0) is 81.3 Å². The number of aromatic nitrogens is 2. The average Bonchev–Trinajstić information content (AvgIpc) is 3.51. The number of aryl methyl sites for hydroxylation is 1. The summed E-state index contributed by atoms with van der Waals surface area (Å²) in [6.07, 6.45) is 3.01. The van der Waals surface area contributed by atoms with Crippen LogP contribution in [-0.4, -0.2) is 97.4 Å². The molecule has 13 heteroatoms. The number of piperazine rings is 1. The maximum absolute atomic E-state index is 13.7. The molecule has 3 N–H and O–H groups in total. The molecule has 0 spiro atoms. The molecule has 50 heavy (non-hydrogen) atoms. The number of unbranched alkanes of at least 4 members (excludes halogenated alkanes) is 2. The van der Waals surface area contributed by atoms with E-state index in [2.05, 4.69) is 32.5 Å². The lowest BCUT2D eigenvalue weighted by atomic mass is 10.1. The first-order valence-electron chi connectivity index (χ1n) is 16.8. The molecule has 1 aliphatic rings. The van der Waals surface area contributed by atoms with E-state index in [0.717, 1.165) is 51.0 Å². The monoisotopic (exact) mass is 683 g/mol. The van der Waals surface area contributed by atoms with Gasteiger partial charge in [0.25, 0.3) is 11.8 Å². The minimum Gasteiger partial charge on any atom is -0.495 e. The van der Waals surface area contributed by atoms with Crippen molar-refractivity contribution < 1.29 is 28.7 Å². The van der Waals surface area contributed by atoms with E-state index in [1.165, 1.54) is 18.9 Å². The average molecular weight is 684 g/mol. The zero-order valence-corrected chi connectivity index (χ0v) is 29.3. The van der Waals surface area contributed by atoms with Crippen molar-refractivity contribution in [2.45, 2.75) is 39.5 Å². The van der Waals surface area contributed by atoms with Crippen molar-refractivity contribution in [3.05, 3.63) is 71.3 Å². The fraction of sp³-hybridized carbons (Fsp3) is 0.378. The number of anilines is 3. The van der Waals surface area contributed by atoms with Crippen molar-refractivity contribution in [1.82, 2.24) is 19.8 Å². The minimum atomic E-state index is -0.436. The maximum atomic E-state index is 13.7. The van der Waals surface area contributed by atoms with Crippen LogP contribution in [0.4, 0.5) is 17.3 Å². The Morgan fingerprint density at radius 2 is 1.72 bits per heavy atom. The molecule has 2 heterocycles. The number of carbonyl (C=O) groups excluding carboxylic acids is 4. The number of likely N-dealkylation sites (N-methyl/N-ethyl adjacent to an activating group) is 1. The summed E-state index contributed by atoms with van der Waals surface area (Å²) in [7, 11) is 5.23. The SMILES string of the molecule is COc1cc(C(=O)N(C)c2ccc(C)cc2OCCCCCC(=O)N2CCN(C)CC2)ccc1NC(=O)c1cccc2[nH]c(NC(C)=O)nc12. The van der Waals surface area contributed by atoms with E-state index in [9.17, 15) is 19.2 Å². The van der Waals surface area contributed by atoms with E-state index in [1.807, 2.05) is 30.0 Å². The normalized spacial score (nSPS) is 13.2. The number of hydrogen-bond donors (Lipinski definition) is 3. The number of H-pyrrole nitrogens is 1. The van der Waals surface area contributed by atoms with E-state index in [4.69, 9.17) is 9.47 Å². The smallest absolute Gasteiger partial charge is 0.258 e. The van der Waals surface area contributed by atoms with Gasteiger partial charge in [0, 0.05) is 52.1 Å². The number of fused-ring (bicyclic) bond motifs is 1. The van der Waals surface area contributed by atoms with Crippen molar-refractivity contribution in [3.63, 3.8) is 0 Å². The van der Waals surface area contributed by atoms with Crippen LogP contribution >= 0.6 is 0 Å². The van der Waals surface area contributed by atoms with Crippen LogP contribution < -0.4 is 25.0 Å². The van der Waals surface area contributed by atoms with E-state index in [-0.39, 0.29) is 23.7 Å². The van der Waals surface area contributed by atoms with Gasteiger partial charge in [-0.2, -0.15) is 0 Å². The summed E-state index contributed by atoms with van der Waals surface area (Å²) < 4.78 is 11.7. The van der Waals surface area contributed by atoms with Gasteiger partial charge in [-0.15, -0.1) is 0 Å². The quantitative estimate of drug-likeness (QED) is 0.165. The molecule has 0 atom stereocenters. The number of ether oxygens (including phenoxy) is 2. The minimum absolute atomic E-state index is 0.220. The number of nitrogens with one attached hydrogen (secondary N) is 3. The molecule has 0 bridgehead atoms. The summed E-state index contributed by atoms with van der Waals surface area (Å²) in [5.41, 5.74) is 3.63. The Morgan fingerprint density at radius 3 is 2.46 bits per heavy atom. The predicted molar refractivity (Wildman–Crippen MR) is 193 cm³/mol. The number of benzene rings is 3. The standard InChI is InChI=1S/C37H45N7O6/c1-24-13-16-30(32(22-24)50-21-8-6-7-12-33(46)44-19-17-42(3)18-20-44)43(4)36(48)26-14-15-28(31(23-26)49-5)39-35(47)27-10-9-11-29-34(27)41-37(40-29)38-25(2)45/h9-11,13-16,22-23H,6-8,12,17-21H2,1-5H3,(H,39,47)(H2,38,40,41,45). The molecule has 0 aliphatic carbocycles. The lowest BCUT2D eigenvalue weighted by Gasteiger charge is -2.32. The Hall–Kier alpha value is -5.43. The van der Waals surface area contributed by atoms with Gasteiger partial charge in [-0.3, -0.25) is 24.5 Å². The number of rotatable bonds is 13. The number of amides is 4. The van der Waals surface area contributed by atoms with Crippen molar-refractivity contribution >= 4 is 52.0 Å². The van der Waals surface area contributed by atoms with Gasteiger partial charge < -0.3 is 34.5 Å². The second-order valence-corrected chi connectivity index (χ2v) is 12.5. The number of hydrogen-bond acceptors (Lipinski definition) is 8. The first-order valence-corrected chi connectivity index (χ1v) is 16.8. The van der Waals surface area contributed by atoms with Crippen molar-refractivity contribution in [2.24, 2.45) is 0 Å². The van der Waals surface area contributed by atoms with Gasteiger partial charge in [0.1, 0.15) is 17.0 Å². The van der Waals surface area contributed by atoms with Gasteiger partial charge in [-0.25, -0.2) is 4.98 Å². The molecule has 1 aromatic heterocycles. The van der Waals surface area contributed by atoms with Gasteiger partial charge >= 0.3 is 0 Å². The van der Waals surface area contributed by atoms with Crippen LogP contribution in [0.25, 0.3) is 11.0 Å². The van der Waals surface area contributed by atoms with Gasteiger partial charge in [0.05, 0.1) is 36.2 Å². The molecule has 0 radical (unpaired) electrons. The molecular weight excluding hydrogens is 638 g/mol. The lowest BCUT2D eigenvalue weighted by molar-refractivity contribution is -0.132. The molecule has 3 aromatic carbocycles. The molecule has 13 nitrogen and oxygen atoms in total. The van der Waals surface area contributed by atoms with E-state index >= 15 is 0 Å². The lowest BCUT2D eigenvalue weighted by Crippen LogP contribution is -2.47. The molecule has 1 saturated heterocycles. The van der Waals surface area contributed by atoms with Crippen LogP contribution in [0.2, 0.25) is 0 Å². The molecule has 1 fully saturated rings. The Balaban J connectivity index is 1.20. The third kappa shape index (κ3) is 8.77. The maximum Gasteiger partial charge on any atom is 0.258 e. The summed E-state index contributed by atoms with van der Waals surface area (Å²) in [6, 6.07) is 15.6. The van der Waals surface area contributed by atoms with Crippen molar-refractivity contribution in [1.29, 1.82) is 0 Å². The molecule has 4 amide bonds. The summed E-state index contributed by atoms with van der Waals surface area (Å²) in [5.74, 6) is 0.347. The van der Waals surface area contributed by atoms with Crippen molar-refractivity contribution in [2.75, 3.05) is 69.5 Å². The third-order valence-electron chi connectivity index (χ3n) is 8.68. The summed E-state index contributed by atoms with van der Waals surface area (Å²) in [6.45, 7) is 7.23. The number of imidazole rings is 1. The van der Waals surface area contributed by atoms with E-state index in [1.54, 1.807) is 43.4 Å². The van der Waals surface area contributed by atoms with Gasteiger partial charge in [0.15, 0.2) is 0 Å². The first kappa shape index (κ1) is 35.9. The molecular formula is C37H45N7O6. The number of nitrogens with zero attached hydrogens (tertiary/aromatic N) is 4. The fourth-order valence-electron chi connectivity index (χ4n) is 5.83. The Morgan fingerprint density at radius 1 is 0.940 bits per heavy atom. The summed E-state index contributed by atoms with van der Waals surface area (Å²) >= 11 is 0. The Labute approximate surface area is 291 Å². The molecule has 264 valence electrons. The largest absolute Gasteiger partial charge is 0.495 e. The third-order valence-corrected chi connectivity index (χ3v) is 8.68. The van der Waals surface area contributed by atoms with Crippen LogP contribution in [0.5, 0.6) is 11.5 Å². The van der Waals surface area contributed by atoms with E-state index < -0.39 is 5.91 Å². The zero-order valence-electron chi connectivity index (χ0n) is 29.3. The Kier molecular flexibility index (Phi) is 11.7. The topological polar surface area (TPSA) is 149 Å². The van der Waals surface area contributed by atoms with Crippen LogP contribution in [0.1, 0.15) is 58.9 Å². The number of carbonyl (C=O) groups is 4. The highest BCUT2D eigenvalue weighted by atomic mass is 16.5. The Bertz CT molecular complexity index is 1860. The predicted octanol–water partition coefficient (Wildman–Crippen LogP) is 5.08. The molecule has 0 unspecified atom stereocenters. The highest BCUT2D eigenvalue weighted by Gasteiger charge is 2.22. The molecule has 1 aliphatic heterocycles. The number of methoxy groups -OCH3 is 1. The van der Waals surface area contributed by atoms with Crippen LogP contribution in [0.3, 0.4) is 0 Å². The number of para-hydroxylation sites is 1. The number of aromatic amines is 1. The first-order chi connectivity index (χ1) is 24.0. The molecule has 0 saturated carbocycles. The van der Waals surface area contributed by atoms with E-state index in [0.29, 0.717) is 58.1 Å². The second-order valence-electron chi connectivity index (χ2n) is 12.5. The summed E-state index contributed by atoms with van der Waals surface area (Å²) in [4.78, 5) is 64.1. The van der Waals surface area contributed by atoms with Crippen LogP contribution in [0.15, 0.2) is 54.6 Å². The molecule has 5 rings (SSSR count). The summed E-state index contributed by atoms with van der Waals surface area (Å²) in [5, 5.41) is 5.44. The zero-order chi connectivity index (χ0) is 35.8. The van der Waals surface area contributed by atoms with Crippen molar-refractivity contribution in [3.8, 4) is 11.5 Å². The van der Waals surface area contributed by atoms with Gasteiger partial charge in [-0.1, -0.05) is 12.1 Å².